The van der Waals surface area contributed by atoms with Gasteiger partial charge in [0.15, 0.2) is 0 Å². The Hall–Kier alpha value is -1.67. The first-order chi connectivity index (χ1) is 8.43. The molecular weight excluding hydrogens is 208 g/mol. The molecule has 1 heterocycles. The van der Waals surface area contributed by atoms with Crippen LogP contribution in [0, 0.1) is 0 Å². The summed E-state index contributed by atoms with van der Waals surface area (Å²) in [5.74, 6) is 0. The van der Waals surface area contributed by atoms with Gasteiger partial charge in [0, 0.05) is 29.7 Å². The number of fused-ring (bicyclic) bond motifs is 1. The van der Waals surface area contributed by atoms with E-state index in [4.69, 9.17) is 0 Å². The number of aromatic nitrogens is 1. The SMILES string of the molecule is C(=Cc1cccc2cccnc12)CNC1CC1. The average Bonchev–Trinajstić information content (AvgIpc) is 3.19. The number of para-hydroxylation sites is 1. The van der Waals surface area contributed by atoms with E-state index in [9.17, 15) is 0 Å². The zero-order valence-electron chi connectivity index (χ0n) is 9.76. The fraction of sp³-hybridized carbons (Fsp3) is 0.267. The largest absolute Gasteiger partial charge is 0.311 e. The maximum absolute atomic E-state index is 4.44. The molecule has 0 saturated heterocycles. The van der Waals surface area contributed by atoms with Crippen LogP contribution in [0.2, 0.25) is 0 Å². The van der Waals surface area contributed by atoms with Gasteiger partial charge in [0.25, 0.3) is 0 Å². The monoisotopic (exact) mass is 224 g/mol. The van der Waals surface area contributed by atoms with Crippen LogP contribution < -0.4 is 5.32 Å². The summed E-state index contributed by atoms with van der Waals surface area (Å²) in [5, 5.41) is 4.67. The molecule has 3 rings (SSSR count). The van der Waals surface area contributed by atoms with Crippen LogP contribution in [-0.2, 0) is 0 Å². The third kappa shape index (κ3) is 2.53. The number of nitrogens with one attached hydrogen (secondary N) is 1. The van der Waals surface area contributed by atoms with Crippen molar-refractivity contribution in [1.29, 1.82) is 0 Å². The summed E-state index contributed by atoms with van der Waals surface area (Å²) < 4.78 is 0. The summed E-state index contributed by atoms with van der Waals surface area (Å²) in [5.41, 5.74) is 2.28. The average molecular weight is 224 g/mol. The highest BCUT2D eigenvalue weighted by atomic mass is 14.9. The van der Waals surface area contributed by atoms with Crippen molar-refractivity contribution in [2.45, 2.75) is 18.9 Å². The molecule has 2 heteroatoms. The van der Waals surface area contributed by atoms with Gasteiger partial charge in [-0.15, -0.1) is 0 Å². The molecule has 1 saturated carbocycles. The van der Waals surface area contributed by atoms with Crippen LogP contribution >= 0.6 is 0 Å². The second-order valence-electron chi connectivity index (χ2n) is 4.51. The van der Waals surface area contributed by atoms with E-state index in [0.717, 1.165) is 18.1 Å². The molecule has 0 bridgehead atoms. The number of rotatable bonds is 4. The van der Waals surface area contributed by atoms with Crippen molar-refractivity contribution in [3.63, 3.8) is 0 Å². The van der Waals surface area contributed by atoms with Gasteiger partial charge in [-0.2, -0.15) is 0 Å². The highest BCUT2D eigenvalue weighted by molar-refractivity contribution is 5.86. The Morgan fingerprint density at radius 1 is 1.24 bits per heavy atom. The minimum atomic E-state index is 0.769. The third-order valence-electron chi connectivity index (χ3n) is 3.06. The molecule has 0 unspecified atom stereocenters. The molecule has 1 aliphatic carbocycles. The molecule has 2 aromatic rings. The minimum Gasteiger partial charge on any atom is -0.311 e. The zero-order valence-corrected chi connectivity index (χ0v) is 9.76. The molecule has 86 valence electrons. The van der Waals surface area contributed by atoms with Crippen molar-refractivity contribution >= 4 is 17.0 Å². The maximum Gasteiger partial charge on any atom is 0.0774 e. The quantitative estimate of drug-likeness (QED) is 0.863. The lowest BCUT2D eigenvalue weighted by atomic mass is 10.1. The topological polar surface area (TPSA) is 24.9 Å². The maximum atomic E-state index is 4.44. The van der Waals surface area contributed by atoms with Crippen molar-refractivity contribution in [2.75, 3.05) is 6.54 Å². The second-order valence-corrected chi connectivity index (χ2v) is 4.51. The Kier molecular flexibility index (Phi) is 2.88. The lowest BCUT2D eigenvalue weighted by molar-refractivity contribution is 0.754. The molecule has 1 fully saturated rings. The predicted octanol–water partition coefficient (Wildman–Crippen LogP) is 3.00. The Morgan fingerprint density at radius 3 is 3.00 bits per heavy atom. The van der Waals surface area contributed by atoms with Crippen LogP contribution in [0.1, 0.15) is 18.4 Å². The van der Waals surface area contributed by atoms with Crippen LogP contribution in [-0.4, -0.2) is 17.6 Å². The number of nitrogens with zero attached hydrogens (tertiary/aromatic N) is 1. The first-order valence-corrected chi connectivity index (χ1v) is 6.17. The number of hydrogen-bond acceptors (Lipinski definition) is 2. The van der Waals surface area contributed by atoms with E-state index in [1.807, 2.05) is 12.3 Å². The zero-order chi connectivity index (χ0) is 11.5. The highest BCUT2D eigenvalue weighted by Crippen LogP contribution is 2.19. The molecule has 0 atom stereocenters. The standard InChI is InChI=1S/C15H16N2/c1-4-12(6-2-10-16-14-8-9-14)15-13(5-1)7-3-11-17-15/h1-7,11,14,16H,8-10H2. The van der Waals surface area contributed by atoms with E-state index in [1.165, 1.54) is 23.8 Å². The number of pyridine rings is 1. The van der Waals surface area contributed by atoms with Crippen molar-refractivity contribution in [2.24, 2.45) is 0 Å². The summed E-state index contributed by atoms with van der Waals surface area (Å²) >= 11 is 0. The van der Waals surface area contributed by atoms with E-state index in [2.05, 4.69) is 46.7 Å². The number of hydrogen-bond donors (Lipinski definition) is 1. The molecular formula is C15H16N2. The lowest BCUT2D eigenvalue weighted by Gasteiger charge is -2.01. The smallest absolute Gasteiger partial charge is 0.0774 e. The van der Waals surface area contributed by atoms with E-state index in [0.29, 0.717) is 0 Å². The minimum absolute atomic E-state index is 0.769. The fourth-order valence-corrected chi connectivity index (χ4v) is 1.97. The van der Waals surface area contributed by atoms with Gasteiger partial charge in [0.1, 0.15) is 0 Å². The van der Waals surface area contributed by atoms with Gasteiger partial charge in [-0.1, -0.05) is 36.4 Å². The van der Waals surface area contributed by atoms with Gasteiger partial charge in [0.05, 0.1) is 5.52 Å². The summed E-state index contributed by atoms with van der Waals surface area (Å²) in [7, 11) is 0. The van der Waals surface area contributed by atoms with E-state index >= 15 is 0 Å². The molecule has 0 radical (unpaired) electrons. The Labute approximate surface area is 101 Å². The normalized spacial score (nSPS) is 15.8. The second kappa shape index (κ2) is 4.68. The van der Waals surface area contributed by atoms with E-state index in [-0.39, 0.29) is 0 Å². The van der Waals surface area contributed by atoms with Gasteiger partial charge >= 0.3 is 0 Å². The van der Waals surface area contributed by atoms with Crippen LogP contribution in [0.25, 0.3) is 17.0 Å². The Balaban J connectivity index is 1.78. The fourth-order valence-electron chi connectivity index (χ4n) is 1.97. The predicted molar refractivity (Wildman–Crippen MR) is 71.8 cm³/mol. The first-order valence-electron chi connectivity index (χ1n) is 6.17. The molecule has 1 aromatic heterocycles. The summed E-state index contributed by atoms with van der Waals surface area (Å²) in [6.45, 7) is 0.952. The third-order valence-corrected chi connectivity index (χ3v) is 3.06. The molecule has 2 nitrogen and oxygen atoms in total. The van der Waals surface area contributed by atoms with Gasteiger partial charge in [-0.3, -0.25) is 4.98 Å². The van der Waals surface area contributed by atoms with Crippen molar-refractivity contribution in [3.05, 3.63) is 48.2 Å². The summed E-state index contributed by atoms with van der Waals surface area (Å²) in [6, 6.07) is 11.1. The van der Waals surface area contributed by atoms with Crippen LogP contribution in [0.3, 0.4) is 0 Å². The van der Waals surface area contributed by atoms with Crippen molar-refractivity contribution in [3.8, 4) is 0 Å². The van der Waals surface area contributed by atoms with Crippen molar-refractivity contribution < 1.29 is 0 Å². The molecule has 1 aliphatic rings. The van der Waals surface area contributed by atoms with Crippen LogP contribution in [0.4, 0.5) is 0 Å². The molecule has 0 amide bonds. The highest BCUT2D eigenvalue weighted by Gasteiger charge is 2.18. The Bertz CT molecular complexity index is 536. The number of benzene rings is 1. The molecule has 1 N–H and O–H groups in total. The molecule has 1 aromatic carbocycles. The van der Waals surface area contributed by atoms with Gasteiger partial charge < -0.3 is 5.32 Å². The van der Waals surface area contributed by atoms with Crippen LogP contribution in [0.5, 0.6) is 0 Å². The summed E-state index contributed by atoms with van der Waals surface area (Å²) in [6.07, 6.45) is 8.86. The first kappa shape index (κ1) is 10.5. The summed E-state index contributed by atoms with van der Waals surface area (Å²) in [4.78, 5) is 4.44. The van der Waals surface area contributed by atoms with E-state index in [1.54, 1.807) is 0 Å². The van der Waals surface area contributed by atoms with Gasteiger partial charge in [-0.05, 0) is 18.9 Å². The van der Waals surface area contributed by atoms with Crippen LogP contribution in [0.15, 0.2) is 42.6 Å². The molecule has 0 aliphatic heterocycles. The molecule has 0 spiro atoms. The molecule has 17 heavy (non-hydrogen) atoms. The van der Waals surface area contributed by atoms with Gasteiger partial charge in [-0.25, -0.2) is 0 Å². The van der Waals surface area contributed by atoms with E-state index < -0.39 is 0 Å². The van der Waals surface area contributed by atoms with Gasteiger partial charge in [0.2, 0.25) is 0 Å². The van der Waals surface area contributed by atoms with Crippen molar-refractivity contribution in [1.82, 2.24) is 10.3 Å². The Morgan fingerprint density at radius 2 is 2.12 bits per heavy atom. The lowest BCUT2D eigenvalue weighted by Crippen LogP contribution is -2.15.